The van der Waals surface area contributed by atoms with E-state index >= 15 is 0 Å². The van der Waals surface area contributed by atoms with Crippen molar-refractivity contribution in [2.45, 2.75) is 37.5 Å². The number of aromatic carboxylic acids is 1. The quantitative estimate of drug-likeness (QED) is 0.614. The van der Waals surface area contributed by atoms with Gasteiger partial charge in [-0.05, 0) is 25.0 Å². The van der Waals surface area contributed by atoms with Crippen LogP contribution in [-0.2, 0) is 0 Å². The lowest BCUT2D eigenvalue weighted by atomic mass is 10.2. The number of hydrogen-bond acceptors (Lipinski definition) is 6. The van der Waals surface area contributed by atoms with Crippen LogP contribution in [0, 0.1) is 10.1 Å². The lowest BCUT2D eigenvalue weighted by Crippen LogP contribution is -2.18. The number of carboxylic acids is 1. The first-order valence-electron chi connectivity index (χ1n) is 6.77. The number of hydrogen-bond donors (Lipinski definition) is 2. The maximum atomic E-state index is 11.1. The summed E-state index contributed by atoms with van der Waals surface area (Å²) in [5, 5.41) is 23.6. The second-order valence-corrected chi connectivity index (χ2v) is 6.46. The highest BCUT2D eigenvalue weighted by Gasteiger charge is 2.27. The SMILES string of the molecule is CCSC1CCC(Nc2ncc(C(=O)O)cc2[N+](=O)[O-])C1. The Bertz CT molecular complexity index is 552. The van der Waals surface area contributed by atoms with Crippen LogP contribution in [0.15, 0.2) is 12.3 Å². The minimum Gasteiger partial charge on any atom is -0.478 e. The molecule has 0 radical (unpaired) electrons. The van der Waals surface area contributed by atoms with E-state index in [-0.39, 0.29) is 23.1 Å². The number of pyridine rings is 1. The molecule has 8 heteroatoms. The lowest BCUT2D eigenvalue weighted by molar-refractivity contribution is -0.384. The number of anilines is 1. The Hall–Kier alpha value is -1.83. The van der Waals surface area contributed by atoms with Crippen molar-refractivity contribution in [1.82, 2.24) is 4.98 Å². The first kappa shape index (κ1) is 15.6. The zero-order valence-corrected chi connectivity index (χ0v) is 12.4. The Morgan fingerprint density at radius 1 is 1.62 bits per heavy atom. The molecule has 0 aliphatic heterocycles. The van der Waals surface area contributed by atoms with Gasteiger partial charge in [0.1, 0.15) is 0 Å². The number of thioether (sulfide) groups is 1. The number of rotatable bonds is 6. The van der Waals surface area contributed by atoms with Gasteiger partial charge in [-0.1, -0.05) is 6.92 Å². The predicted octanol–water partition coefficient (Wildman–Crippen LogP) is 2.77. The topological polar surface area (TPSA) is 105 Å². The minimum atomic E-state index is -1.22. The summed E-state index contributed by atoms with van der Waals surface area (Å²) in [5.74, 6) is -0.0158. The molecule has 114 valence electrons. The Morgan fingerprint density at radius 2 is 2.38 bits per heavy atom. The Kier molecular flexibility index (Phi) is 5.00. The molecule has 2 rings (SSSR count). The average molecular weight is 311 g/mol. The highest BCUT2D eigenvalue weighted by molar-refractivity contribution is 7.99. The molecule has 21 heavy (non-hydrogen) atoms. The van der Waals surface area contributed by atoms with E-state index < -0.39 is 10.9 Å². The Balaban J connectivity index is 2.13. The van der Waals surface area contributed by atoms with Crippen molar-refractivity contribution < 1.29 is 14.8 Å². The van der Waals surface area contributed by atoms with Gasteiger partial charge in [0.15, 0.2) is 0 Å². The van der Waals surface area contributed by atoms with E-state index in [4.69, 9.17) is 5.11 Å². The first-order chi connectivity index (χ1) is 10.0. The molecule has 2 atom stereocenters. The standard InChI is InChI=1S/C13H17N3O4S/c1-2-21-10-4-3-9(6-10)15-12-11(16(19)20)5-8(7-14-12)13(17)18/h5,7,9-10H,2-4,6H2,1H3,(H,14,15)(H,17,18). The normalized spacial score (nSPS) is 21.2. The summed E-state index contributed by atoms with van der Waals surface area (Å²) in [6, 6.07) is 1.20. The summed E-state index contributed by atoms with van der Waals surface area (Å²) in [7, 11) is 0. The number of nitrogens with zero attached hydrogens (tertiary/aromatic N) is 2. The third-order valence-corrected chi connectivity index (χ3v) is 4.67. The van der Waals surface area contributed by atoms with Crippen LogP contribution in [0.3, 0.4) is 0 Å². The molecule has 1 heterocycles. The van der Waals surface area contributed by atoms with E-state index in [0.29, 0.717) is 5.25 Å². The van der Waals surface area contributed by atoms with Crippen molar-refractivity contribution in [3.63, 3.8) is 0 Å². The molecular weight excluding hydrogens is 294 g/mol. The van der Waals surface area contributed by atoms with Crippen molar-refractivity contribution in [3.05, 3.63) is 27.9 Å². The molecule has 1 aromatic heterocycles. The fourth-order valence-corrected chi connectivity index (χ4v) is 3.61. The van der Waals surface area contributed by atoms with Crippen LogP contribution in [0.1, 0.15) is 36.5 Å². The van der Waals surface area contributed by atoms with Crippen LogP contribution in [0.5, 0.6) is 0 Å². The zero-order chi connectivity index (χ0) is 15.4. The molecule has 2 unspecified atom stereocenters. The number of carbonyl (C=O) groups is 1. The van der Waals surface area contributed by atoms with Crippen LogP contribution in [0.2, 0.25) is 0 Å². The molecule has 0 amide bonds. The van der Waals surface area contributed by atoms with Gasteiger partial charge in [0.2, 0.25) is 5.82 Å². The van der Waals surface area contributed by atoms with Gasteiger partial charge in [0.05, 0.1) is 10.5 Å². The van der Waals surface area contributed by atoms with Crippen LogP contribution in [-0.4, -0.2) is 38.0 Å². The fraction of sp³-hybridized carbons (Fsp3) is 0.538. The molecule has 1 aromatic rings. The zero-order valence-electron chi connectivity index (χ0n) is 11.6. The predicted molar refractivity (Wildman–Crippen MR) is 81.0 cm³/mol. The summed E-state index contributed by atoms with van der Waals surface area (Å²) >= 11 is 1.90. The van der Waals surface area contributed by atoms with Crippen molar-refractivity contribution in [2.75, 3.05) is 11.1 Å². The molecule has 1 saturated carbocycles. The van der Waals surface area contributed by atoms with E-state index in [1.165, 1.54) is 0 Å². The van der Waals surface area contributed by atoms with Crippen LogP contribution in [0.25, 0.3) is 0 Å². The molecule has 0 spiro atoms. The van der Waals surface area contributed by atoms with Gasteiger partial charge < -0.3 is 10.4 Å². The second kappa shape index (κ2) is 6.75. The lowest BCUT2D eigenvalue weighted by Gasteiger charge is -2.13. The molecule has 0 bridgehead atoms. The third-order valence-electron chi connectivity index (χ3n) is 3.44. The van der Waals surface area contributed by atoms with Gasteiger partial charge in [-0.25, -0.2) is 9.78 Å². The Morgan fingerprint density at radius 3 is 3.00 bits per heavy atom. The summed E-state index contributed by atoms with van der Waals surface area (Å²) in [4.78, 5) is 25.2. The average Bonchev–Trinajstić information content (AvgIpc) is 2.86. The van der Waals surface area contributed by atoms with Crippen molar-refractivity contribution in [1.29, 1.82) is 0 Å². The largest absolute Gasteiger partial charge is 0.478 e. The maximum absolute atomic E-state index is 11.1. The minimum absolute atomic E-state index is 0.149. The van der Waals surface area contributed by atoms with Crippen LogP contribution in [0.4, 0.5) is 11.5 Å². The molecule has 0 aromatic carbocycles. The Labute approximate surface area is 126 Å². The van der Waals surface area contributed by atoms with Gasteiger partial charge >= 0.3 is 11.7 Å². The summed E-state index contributed by atoms with van der Waals surface area (Å²) in [6.07, 6.45) is 4.11. The smallest absolute Gasteiger partial charge is 0.337 e. The molecule has 1 fully saturated rings. The molecule has 7 nitrogen and oxygen atoms in total. The van der Waals surface area contributed by atoms with E-state index in [2.05, 4.69) is 17.2 Å². The summed E-state index contributed by atoms with van der Waals surface area (Å²) < 4.78 is 0. The maximum Gasteiger partial charge on any atom is 0.337 e. The highest BCUT2D eigenvalue weighted by Crippen LogP contribution is 2.33. The molecule has 0 saturated heterocycles. The third kappa shape index (κ3) is 3.84. The van der Waals surface area contributed by atoms with Crippen molar-refractivity contribution in [3.8, 4) is 0 Å². The van der Waals surface area contributed by atoms with Crippen molar-refractivity contribution in [2.24, 2.45) is 0 Å². The molecule has 1 aliphatic rings. The van der Waals surface area contributed by atoms with Gasteiger partial charge in [-0.3, -0.25) is 10.1 Å². The van der Waals surface area contributed by atoms with Gasteiger partial charge in [0.25, 0.3) is 0 Å². The number of carboxylic acid groups (broad SMARTS) is 1. The van der Waals surface area contributed by atoms with Gasteiger partial charge in [-0.2, -0.15) is 11.8 Å². The molecule has 2 N–H and O–H groups in total. The van der Waals surface area contributed by atoms with Crippen molar-refractivity contribution >= 4 is 29.2 Å². The number of nitrogens with one attached hydrogen (secondary N) is 1. The summed E-state index contributed by atoms with van der Waals surface area (Å²) in [5.41, 5.74) is -0.473. The fourth-order valence-electron chi connectivity index (χ4n) is 2.47. The highest BCUT2D eigenvalue weighted by atomic mass is 32.2. The molecule has 1 aliphatic carbocycles. The summed E-state index contributed by atoms with van der Waals surface area (Å²) in [6.45, 7) is 2.11. The van der Waals surface area contributed by atoms with E-state index in [9.17, 15) is 14.9 Å². The van der Waals surface area contributed by atoms with Gasteiger partial charge in [0, 0.05) is 23.6 Å². The van der Waals surface area contributed by atoms with E-state index in [0.717, 1.165) is 37.3 Å². The first-order valence-corrected chi connectivity index (χ1v) is 7.82. The second-order valence-electron chi connectivity index (χ2n) is 4.89. The number of nitro groups is 1. The monoisotopic (exact) mass is 311 g/mol. The molecular formula is C13H17N3O4S. The van der Waals surface area contributed by atoms with E-state index in [1.807, 2.05) is 11.8 Å². The van der Waals surface area contributed by atoms with Crippen LogP contribution >= 0.6 is 11.8 Å². The van der Waals surface area contributed by atoms with Crippen LogP contribution < -0.4 is 5.32 Å². The van der Waals surface area contributed by atoms with Gasteiger partial charge in [-0.15, -0.1) is 0 Å². The number of aromatic nitrogens is 1. The van der Waals surface area contributed by atoms with E-state index in [1.54, 1.807) is 0 Å².